The van der Waals surface area contributed by atoms with Gasteiger partial charge in [0, 0.05) is 36.0 Å². The summed E-state index contributed by atoms with van der Waals surface area (Å²) in [5.74, 6) is -0.0449. The van der Waals surface area contributed by atoms with E-state index < -0.39 is 6.04 Å². The topological polar surface area (TPSA) is 101 Å². The highest BCUT2D eigenvalue weighted by Crippen LogP contribution is 2.28. The Labute approximate surface area is 178 Å². The average Bonchev–Trinajstić information content (AvgIpc) is 3.48. The van der Waals surface area contributed by atoms with Gasteiger partial charge in [-0.05, 0) is 42.4 Å². The van der Waals surface area contributed by atoms with E-state index in [4.69, 9.17) is 4.74 Å². The van der Waals surface area contributed by atoms with E-state index in [9.17, 15) is 14.4 Å². The van der Waals surface area contributed by atoms with Crippen molar-refractivity contribution in [2.75, 3.05) is 19.7 Å². The molecule has 158 valence electrons. The summed E-state index contributed by atoms with van der Waals surface area (Å²) in [4.78, 5) is 38.6. The standard InChI is InChI=1S/C21H24N4O4S/c1-13(10-19(27)25-9-7-18-20(25)17(26)11-29-18)6-8-22-21(28)15-4-2-14(3-5-15)16-12-30-24-23-16/h2-5,12-13,18,20H,6-11H2,1H3,(H,22,28). The number of fused-ring (bicyclic) bond motifs is 1. The normalized spacial score (nSPS) is 21.5. The molecule has 3 atom stereocenters. The lowest BCUT2D eigenvalue weighted by molar-refractivity contribution is -0.137. The van der Waals surface area contributed by atoms with Crippen LogP contribution in [0.3, 0.4) is 0 Å². The molecule has 8 nitrogen and oxygen atoms in total. The van der Waals surface area contributed by atoms with Crippen LogP contribution in [-0.2, 0) is 14.3 Å². The highest BCUT2D eigenvalue weighted by atomic mass is 32.1. The number of nitrogens with one attached hydrogen (secondary N) is 1. The largest absolute Gasteiger partial charge is 0.368 e. The van der Waals surface area contributed by atoms with Gasteiger partial charge < -0.3 is 15.0 Å². The number of ether oxygens (including phenoxy) is 1. The van der Waals surface area contributed by atoms with Crippen molar-refractivity contribution in [3.8, 4) is 11.3 Å². The molecular weight excluding hydrogens is 404 g/mol. The number of carbonyl (C=O) groups excluding carboxylic acids is 3. The zero-order valence-electron chi connectivity index (χ0n) is 16.7. The third kappa shape index (κ3) is 4.41. The summed E-state index contributed by atoms with van der Waals surface area (Å²) in [7, 11) is 0. The van der Waals surface area contributed by atoms with E-state index in [0.29, 0.717) is 31.5 Å². The lowest BCUT2D eigenvalue weighted by Crippen LogP contribution is -2.42. The van der Waals surface area contributed by atoms with Gasteiger partial charge in [0.25, 0.3) is 5.91 Å². The Kier molecular flexibility index (Phi) is 6.19. The summed E-state index contributed by atoms with van der Waals surface area (Å²) in [6, 6.07) is 6.84. The van der Waals surface area contributed by atoms with Crippen LogP contribution in [-0.4, -0.2) is 63.9 Å². The number of nitrogens with zero attached hydrogens (tertiary/aromatic N) is 3. The molecule has 0 saturated carbocycles. The van der Waals surface area contributed by atoms with Crippen molar-refractivity contribution in [3.63, 3.8) is 0 Å². The summed E-state index contributed by atoms with van der Waals surface area (Å²) < 4.78 is 9.28. The molecule has 0 aliphatic carbocycles. The number of rotatable bonds is 7. The molecule has 0 spiro atoms. The quantitative estimate of drug-likeness (QED) is 0.723. The Morgan fingerprint density at radius 2 is 2.13 bits per heavy atom. The number of benzene rings is 1. The van der Waals surface area contributed by atoms with Gasteiger partial charge in [-0.1, -0.05) is 23.5 Å². The fourth-order valence-electron chi connectivity index (χ4n) is 4.01. The molecule has 1 N–H and O–H groups in total. The Morgan fingerprint density at radius 1 is 1.33 bits per heavy atom. The number of hydrogen-bond donors (Lipinski definition) is 1. The van der Waals surface area contributed by atoms with Gasteiger partial charge in [-0.15, -0.1) is 5.10 Å². The van der Waals surface area contributed by atoms with E-state index in [1.807, 2.05) is 24.4 Å². The molecule has 2 saturated heterocycles. The fourth-order valence-corrected chi connectivity index (χ4v) is 4.47. The van der Waals surface area contributed by atoms with Crippen LogP contribution < -0.4 is 5.32 Å². The van der Waals surface area contributed by atoms with Crippen molar-refractivity contribution in [2.24, 2.45) is 5.92 Å². The molecule has 2 amide bonds. The van der Waals surface area contributed by atoms with Crippen LogP contribution in [0.1, 0.15) is 36.5 Å². The van der Waals surface area contributed by atoms with Gasteiger partial charge in [0.05, 0.1) is 6.10 Å². The van der Waals surface area contributed by atoms with Crippen molar-refractivity contribution in [3.05, 3.63) is 35.2 Å². The zero-order chi connectivity index (χ0) is 21.1. The van der Waals surface area contributed by atoms with Crippen molar-refractivity contribution >= 4 is 29.1 Å². The van der Waals surface area contributed by atoms with E-state index in [-0.39, 0.29) is 36.2 Å². The van der Waals surface area contributed by atoms with Crippen LogP contribution in [0.4, 0.5) is 0 Å². The second-order valence-electron chi connectivity index (χ2n) is 7.86. The molecule has 0 bridgehead atoms. The minimum atomic E-state index is -0.396. The summed E-state index contributed by atoms with van der Waals surface area (Å²) in [5, 5.41) is 8.78. The zero-order valence-corrected chi connectivity index (χ0v) is 17.6. The molecule has 2 aliphatic heterocycles. The molecule has 2 aliphatic rings. The van der Waals surface area contributed by atoms with Crippen molar-refractivity contribution in [1.82, 2.24) is 19.8 Å². The smallest absolute Gasteiger partial charge is 0.251 e. The third-order valence-electron chi connectivity index (χ3n) is 5.68. The van der Waals surface area contributed by atoms with Crippen LogP contribution in [0.15, 0.2) is 29.6 Å². The van der Waals surface area contributed by atoms with Gasteiger partial charge in [-0.3, -0.25) is 14.4 Å². The van der Waals surface area contributed by atoms with Crippen molar-refractivity contribution in [1.29, 1.82) is 0 Å². The summed E-state index contributed by atoms with van der Waals surface area (Å²) in [6.07, 6.45) is 1.65. The number of likely N-dealkylation sites (tertiary alicyclic amines) is 1. The maximum absolute atomic E-state index is 12.6. The SMILES string of the molecule is CC(CCNC(=O)c1ccc(-c2csnn2)cc1)CC(=O)N1CCC2OCC(=O)C21. The summed E-state index contributed by atoms with van der Waals surface area (Å²) in [6.45, 7) is 3.17. The van der Waals surface area contributed by atoms with Crippen molar-refractivity contribution in [2.45, 2.75) is 38.3 Å². The van der Waals surface area contributed by atoms with Crippen LogP contribution >= 0.6 is 11.5 Å². The highest BCUT2D eigenvalue weighted by Gasteiger charge is 2.46. The van der Waals surface area contributed by atoms with Gasteiger partial charge in [-0.2, -0.15) is 0 Å². The number of hydrogen-bond acceptors (Lipinski definition) is 7. The average molecular weight is 429 g/mol. The first-order valence-corrected chi connectivity index (χ1v) is 11.0. The fraction of sp³-hybridized carbons (Fsp3) is 0.476. The molecule has 2 aromatic rings. The van der Waals surface area contributed by atoms with Crippen LogP contribution in [0, 0.1) is 5.92 Å². The lowest BCUT2D eigenvalue weighted by Gasteiger charge is -2.23. The summed E-state index contributed by atoms with van der Waals surface area (Å²) in [5.41, 5.74) is 2.29. The number of ketones is 1. The first kappa shape index (κ1) is 20.6. The third-order valence-corrected chi connectivity index (χ3v) is 6.19. The molecule has 9 heteroatoms. The molecule has 1 aromatic heterocycles. The van der Waals surface area contributed by atoms with Crippen LogP contribution in [0.25, 0.3) is 11.3 Å². The number of Topliss-reactive ketones (excluding diaryl/α,β-unsaturated/α-hetero) is 1. The van der Waals surface area contributed by atoms with E-state index in [0.717, 1.165) is 17.7 Å². The van der Waals surface area contributed by atoms with Gasteiger partial charge in [0.15, 0.2) is 5.78 Å². The lowest BCUT2D eigenvalue weighted by atomic mass is 10.0. The molecule has 0 radical (unpaired) electrons. The Balaban J connectivity index is 1.21. The van der Waals surface area contributed by atoms with E-state index in [1.54, 1.807) is 17.0 Å². The number of amides is 2. The molecule has 3 heterocycles. The molecule has 2 fully saturated rings. The first-order valence-electron chi connectivity index (χ1n) is 10.1. The number of carbonyl (C=O) groups is 3. The molecule has 30 heavy (non-hydrogen) atoms. The Morgan fingerprint density at radius 3 is 2.87 bits per heavy atom. The predicted molar refractivity (Wildman–Crippen MR) is 111 cm³/mol. The van der Waals surface area contributed by atoms with Gasteiger partial charge in [0.2, 0.25) is 5.91 Å². The Hall–Kier alpha value is -2.65. The predicted octanol–water partition coefficient (Wildman–Crippen LogP) is 1.92. The minimum Gasteiger partial charge on any atom is -0.368 e. The van der Waals surface area contributed by atoms with Gasteiger partial charge in [0.1, 0.15) is 18.3 Å². The summed E-state index contributed by atoms with van der Waals surface area (Å²) >= 11 is 1.29. The molecule has 3 unspecified atom stereocenters. The van der Waals surface area contributed by atoms with E-state index in [1.165, 1.54) is 11.5 Å². The monoisotopic (exact) mass is 428 g/mol. The van der Waals surface area contributed by atoms with Gasteiger partial charge >= 0.3 is 0 Å². The van der Waals surface area contributed by atoms with E-state index in [2.05, 4.69) is 14.9 Å². The minimum absolute atomic E-state index is 0.00262. The number of aromatic nitrogens is 2. The Bertz CT molecular complexity index is 916. The second kappa shape index (κ2) is 9.01. The molecular formula is C21H24N4O4S. The molecule has 1 aromatic carbocycles. The van der Waals surface area contributed by atoms with E-state index >= 15 is 0 Å². The van der Waals surface area contributed by atoms with Crippen molar-refractivity contribution < 1.29 is 19.1 Å². The van der Waals surface area contributed by atoms with Gasteiger partial charge in [-0.25, -0.2) is 0 Å². The molecule has 4 rings (SSSR count). The van der Waals surface area contributed by atoms with Crippen LogP contribution in [0.2, 0.25) is 0 Å². The van der Waals surface area contributed by atoms with Crippen LogP contribution in [0.5, 0.6) is 0 Å². The first-order chi connectivity index (χ1) is 14.5. The second-order valence-corrected chi connectivity index (χ2v) is 8.47. The maximum Gasteiger partial charge on any atom is 0.251 e. The highest BCUT2D eigenvalue weighted by molar-refractivity contribution is 7.03. The maximum atomic E-state index is 12.6.